The topological polar surface area (TPSA) is 75.6 Å². The maximum Gasteiger partial charge on any atom is 0.326 e. The van der Waals surface area contributed by atoms with Crippen LogP contribution in [0.25, 0.3) is 0 Å². The zero-order valence-corrected chi connectivity index (χ0v) is 11.4. The monoisotopic (exact) mass is 271 g/mol. The predicted octanol–water partition coefficient (Wildman–Crippen LogP) is 1.73. The summed E-state index contributed by atoms with van der Waals surface area (Å²) in [5, 5.41) is 13.3. The van der Waals surface area contributed by atoms with Crippen molar-refractivity contribution in [2.45, 2.75) is 26.5 Å². The number of carbonyl (C=O) groups excluding carboxylic acids is 1. The number of ether oxygens (including phenoxy) is 1. The lowest BCUT2D eigenvalue weighted by Gasteiger charge is -2.17. The highest BCUT2D eigenvalue weighted by molar-refractivity contribution is 7.12. The highest BCUT2D eigenvalue weighted by Gasteiger charge is 2.25. The fourth-order valence-corrected chi connectivity index (χ4v) is 2.34. The Hall–Kier alpha value is -1.40. The molecule has 0 radical (unpaired) electrons. The van der Waals surface area contributed by atoms with Gasteiger partial charge in [-0.25, -0.2) is 4.79 Å². The van der Waals surface area contributed by atoms with Gasteiger partial charge in [0.2, 0.25) is 0 Å². The van der Waals surface area contributed by atoms with Crippen molar-refractivity contribution >= 4 is 23.2 Å². The van der Waals surface area contributed by atoms with Gasteiger partial charge in [-0.05, 0) is 17.4 Å². The standard InChI is InChI=1S/C12H17NO4S/c1-7(2)9(12(15)16)13-11(14)10-8(6-17-3)4-5-18-10/h4-5,7,9H,6H2,1-3H3,(H,13,14)(H,15,16)/t9-/m0/s1. The second-order valence-corrected chi connectivity index (χ2v) is 5.16. The van der Waals surface area contributed by atoms with Crippen molar-refractivity contribution in [3.05, 3.63) is 21.9 Å². The van der Waals surface area contributed by atoms with Gasteiger partial charge in [0.05, 0.1) is 11.5 Å². The Morgan fingerprint density at radius 3 is 2.67 bits per heavy atom. The molecule has 1 aromatic rings. The summed E-state index contributed by atoms with van der Waals surface area (Å²) in [4.78, 5) is 23.5. The molecule has 0 unspecified atom stereocenters. The Labute approximate surface area is 110 Å². The summed E-state index contributed by atoms with van der Waals surface area (Å²) in [5.41, 5.74) is 0.771. The molecule has 0 aromatic carbocycles. The van der Waals surface area contributed by atoms with E-state index in [0.29, 0.717) is 11.5 Å². The van der Waals surface area contributed by atoms with Gasteiger partial charge in [0.25, 0.3) is 5.91 Å². The third-order valence-corrected chi connectivity index (χ3v) is 3.43. The molecule has 0 aliphatic carbocycles. The number of carbonyl (C=O) groups is 2. The molecule has 0 aliphatic heterocycles. The molecule has 0 aliphatic rings. The fourth-order valence-electron chi connectivity index (χ4n) is 1.52. The fraction of sp³-hybridized carbons (Fsp3) is 0.500. The van der Waals surface area contributed by atoms with Crippen molar-refractivity contribution in [1.29, 1.82) is 0 Å². The van der Waals surface area contributed by atoms with E-state index in [1.54, 1.807) is 32.4 Å². The summed E-state index contributed by atoms with van der Waals surface area (Å²) in [6, 6.07) is 0.920. The third-order valence-electron chi connectivity index (χ3n) is 2.47. The van der Waals surface area contributed by atoms with E-state index in [1.165, 1.54) is 11.3 Å². The summed E-state index contributed by atoms with van der Waals surface area (Å²) in [7, 11) is 1.55. The Bertz CT molecular complexity index is 427. The predicted molar refractivity (Wildman–Crippen MR) is 68.8 cm³/mol. The van der Waals surface area contributed by atoms with E-state index >= 15 is 0 Å². The molecular weight excluding hydrogens is 254 g/mol. The van der Waals surface area contributed by atoms with Gasteiger partial charge in [-0.15, -0.1) is 11.3 Å². The summed E-state index contributed by atoms with van der Waals surface area (Å²) >= 11 is 1.28. The van der Waals surface area contributed by atoms with Crippen LogP contribution >= 0.6 is 11.3 Å². The van der Waals surface area contributed by atoms with E-state index in [9.17, 15) is 9.59 Å². The quantitative estimate of drug-likeness (QED) is 0.826. The van der Waals surface area contributed by atoms with Gasteiger partial charge in [-0.2, -0.15) is 0 Å². The number of carboxylic acids is 1. The van der Waals surface area contributed by atoms with Gasteiger partial charge in [-0.1, -0.05) is 13.8 Å². The Morgan fingerprint density at radius 1 is 1.50 bits per heavy atom. The van der Waals surface area contributed by atoms with Crippen LogP contribution in [0.4, 0.5) is 0 Å². The first-order valence-electron chi connectivity index (χ1n) is 5.56. The number of nitrogens with one attached hydrogen (secondary N) is 1. The first-order chi connectivity index (χ1) is 8.47. The van der Waals surface area contributed by atoms with Crippen LogP contribution in [-0.2, 0) is 16.1 Å². The molecule has 1 aromatic heterocycles. The van der Waals surface area contributed by atoms with Gasteiger partial charge < -0.3 is 15.2 Å². The SMILES string of the molecule is COCc1ccsc1C(=O)N[C@H](C(=O)O)C(C)C. The van der Waals surface area contributed by atoms with E-state index in [0.717, 1.165) is 5.56 Å². The van der Waals surface area contributed by atoms with Crippen LogP contribution in [-0.4, -0.2) is 30.1 Å². The molecule has 100 valence electrons. The van der Waals surface area contributed by atoms with Crippen molar-refractivity contribution in [3.63, 3.8) is 0 Å². The summed E-state index contributed by atoms with van der Waals surface area (Å²) in [6.07, 6.45) is 0. The number of hydrogen-bond donors (Lipinski definition) is 2. The minimum Gasteiger partial charge on any atom is -0.480 e. The molecule has 0 saturated carbocycles. The minimum atomic E-state index is -1.02. The van der Waals surface area contributed by atoms with Gasteiger partial charge in [-0.3, -0.25) is 4.79 Å². The molecule has 2 N–H and O–H groups in total. The van der Waals surface area contributed by atoms with E-state index in [1.807, 2.05) is 0 Å². The van der Waals surface area contributed by atoms with Crippen molar-refractivity contribution in [3.8, 4) is 0 Å². The number of methoxy groups -OCH3 is 1. The molecule has 1 atom stereocenters. The van der Waals surface area contributed by atoms with Crippen LogP contribution in [0.3, 0.4) is 0 Å². The minimum absolute atomic E-state index is 0.169. The van der Waals surface area contributed by atoms with E-state index in [-0.39, 0.29) is 11.8 Å². The van der Waals surface area contributed by atoms with Crippen molar-refractivity contribution in [2.24, 2.45) is 5.92 Å². The van der Waals surface area contributed by atoms with Crippen LogP contribution in [0, 0.1) is 5.92 Å². The maximum absolute atomic E-state index is 12.0. The average Bonchev–Trinajstić information content (AvgIpc) is 2.73. The van der Waals surface area contributed by atoms with E-state index in [2.05, 4.69) is 5.32 Å². The van der Waals surface area contributed by atoms with Gasteiger partial charge in [0.15, 0.2) is 0 Å². The number of amides is 1. The number of aliphatic carboxylic acids is 1. The van der Waals surface area contributed by atoms with Crippen LogP contribution < -0.4 is 5.32 Å². The molecule has 0 bridgehead atoms. The van der Waals surface area contributed by atoms with Gasteiger partial charge >= 0.3 is 5.97 Å². The lowest BCUT2D eigenvalue weighted by molar-refractivity contribution is -0.140. The maximum atomic E-state index is 12.0. The van der Waals surface area contributed by atoms with Crippen LogP contribution in [0.2, 0.25) is 0 Å². The smallest absolute Gasteiger partial charge is 0.326 e. The van der Waals surface area contributed by atoms with Crippen LogP contribution in [0.15, 0.2) is 11.4 Å². The van der Waals surface area contributed by atoms with Crippen LogP contribution in [0.5, 0.6) is 0 Å². The highest BCUT2D eigenvalue weighted by Crippen LogP contribution is 2.18. The zero-order valence-electron chi connectivity index (χ0n) is 10.6. The van der Waals surface area contributed by atoms with Gasteiger partial charge in [0, 0.05) is 12.7 Å². The van der Waals surface area contributed by atoms with E-state index < -0.39 is 12.0 Å². The van der Waals surface area contributed by atoms with Crippen molar-refractivity contribution in [2.75, 3.05) is 7.11 Å². The lowest BCUT2D eigenvalue weighted by Crippen LogP contribution is -2.44. The van der Waals surface area contributed by atoms with E-state index in [4.69, 9.17) is 9.84 Å². The normalized spacial score (nSPS) is 12.4. The largest absolute Gasteiger partial charge is 0.480 e. The average molecular weight is 271 g/mol. The Morgan fingerprint density at radius 2 is 2.17 bits per heavy atom. The molecule has 1 rings (SSSR count). The Kier molecular flexibility index (Phi) is 5.30. The Balaban J connectivity index is 2.80. The highest BCUT2D eigenvalue weighted by atomic mass is 32.1. The molecule has 18 heavy (non-hydrogen) atoms. The molecule has 5 nitrogen and oxygen atoms in total. The third kappa shape index (κ3) is 3.54. The second kappa shape index (κ2) is 6.51. The molecule has 6 heteroatoms. The second-order valence-electron chi connectivity index (χ2n) is 4.24. The summed E-state index contributed by atoms with van der Waals surface area (Å²) in [5.74, 6) is -1.56. The zero-order chi connectivity index (χ0) is 13.7. The van der Waals surface area contributed by atoms with Crippen molar-refractivity contribution < 1.29 is 19.4 Å². The molecule has 1 heterocycles. The van der Waals surface area contributed by atoms with Crippen LogP contribution in [0.1, 0.15) is 29.1 Å². The molecule has 0 saturated heterocycles. The molecule has 1 amide bonds. The first kappa shape index (κ1) is 14.7. The first-order valence-corrected chi connectivity index (χ1v) is 6.44. The summed E-state index contributed by atoms with van der Waals surface area (Å²) < 4.78 is 4.99. The number of thiophene rings is 1. The number of hydrogen-bond acceptors (Lipinski definition) is 4. The van der Waals surface area contributed by atoms with Crippen molar-refractivity contribution in [1.82, 2.24) is 5.32 Å². The molecular formula is C12H17NO4S. The molecule has 0 spiro atoms. The molecule has 0 fully saturated rings. The summed E-state index contributed by atoms with van der Waals surface area (Å²) in [6.45, 7) is 3.85. The van der Waals surface area contributed by atoms with Gasteiger partial charge in [0.1, 0.15) is 6.04 Å². The number of rotatable bonds is 6. The lowest BCUT2D eigenvalue weighted by atomic mass is 10.0. The number of carboxylic acid groups (broad SMARTS) is 1.